The van der Waals surface area contributed by atoms with Gasteiger partial charge in [0.25, 0.3) is 5.91 Å². The maximum atomic E-state index is 13.3. The van der Waals surface area contributed by atoms with Gasteiger partial charge in [-0.05, 0) is 99.4 Å². The number of carbonyl (C=O) groups is 3. The summed E-state index contributed by atoms with van der Waals surface area (Å²) in [5.74, 6) is -0.832. The molecular formula is C40H46N3O6+. The fourth-order valence-electron chi connectivity index (χ4n) is 6.04. The first-order chi connectivity index (χ1) is 23.6. The molecule has 2 aromatic rings. The van der Waals surface area contributed by atoms with Crippen molar-refractivity contribution < 1.29 is 28.6 Å². The van der Waals surface area contributed by atoms with E-state index in [1.165, 1.54) is 17.7 Å². The van der Waals surface area contributed by atoms with Gasteiger partial charge in [0.2, 0.25) is 5.36 Å². The number of rotatable bonds is 10. The predicted octanol–water partition coefficient (Wildman–Crippen LogP) is 7.48. The highest BCUT2D eigenvalue weighted by Gasteiger charge is 2.24. The second-order valence-corrected chi connectivity index (χ2v) is 12.8. The molecule has 256 valence electrons. The maximum absolute atomic E-state index is 13.3. The van der Waals surface area contributed by atoms with Crippen LogP contribution in [0.2, 0.25) is 0 Å². The number of carbonyl (C=O) groups excluding carboxylic acids is 2. The van der Waals surface area contributed by atoms with E-state index in [1.807, 2.05) is 55.1 Å². The molecule has 0 spiro atoms. The zero-order valence-electron chi connectivity index (χ0n) is 28.8. The molecule has 3 aliphatic rings. The monoisotopic (exact) mass is 664 g/mol. The van der Waals surface area contributed by atoms with Gasteiger partial charge in [-0.3, -0.25) is 4.79 Å². The summed E-state index contributed by atoms with van der Waals surface area (Å²) in [6, 6.07) is 16.4. The summed E-state index contributed by atoms with van der Waals surface area (Å²) < 4.78 is 14.0. The Morgan fingerprint density at radius 1 is 0.959 bits per heavy atom. The van der Waals surface area contributed by atoms with Crippen LogP contribution in [0.25, 0.3) is 39.5 Å². The topological polar surface area (TPSA) is 121 Å². The third kappa shape index (κ3) is 8.84. The summed E-state index contributed by atoms with van der Waals surface area (Å²) in [6.07, 6.45) is 11.9. The quantitative estimate of drug-likeness (QED) is 0.0700. The molecule has 9 heteroatoms. The van der Waals surface area contributed by atoms with Crippen LogP contribution in [-0.2, 0) is 4.74 Å². The van der Waals surface area contributed by atoms with E-state index in [-0.39, 0.29) is 17.6 Å². The number of carboxylic acid groups (broad SMARTS) is 1. The Balaban J connectivity index is 1.40. The molecule has 5 rings (SSSR count). The summed E-state index contributed by atoms with van der Waals surface area (Å²) in [5.41, 5.74) is 5.06. The number of hydrogen-bond donors (Lipinski definition) is 3. The molecular weight excluding hydrogens is 618 g/mol. The Bertz CT molecular complexity index is 1950. The second kappa shape index (κ2) is 16.3. The number of benzene rings is 3. The first-order valence-electron chi connectivity index (χ1n) is 17.1. The van der Waals surface area contributed by atoms with Crippen LogP contribution in [0.4, 0.5) is 4.79 Å². The minimum absolute atomic E-state index is 0.0795. The highest BCUT2D eigenvalue weighted by Crippen LogP contribution is 2.42. The first-order valence-corrected chi connectivity index (χ1v) is 17.1. The van der Waals surface area contributed by atoms with Crippen LogP contribution < -0.4 is 20.6 Å². The molecule has 2 amide bonds. The van der Waals surface area contributed by atoms with Gasteiger partial charge >= 0.3 is 12.1 Å². The molecule has 1 aliphatic heterocycles. The van der Waals surface area contributed by atoms with E-state index in [2.05, 4.69) is 42.7 Å². The van der Waals surface area contributed by atoms with Crippen molar-refractivity contribution in [2.24, 2.45) is 0 Å². The molecule has 1 unspecified atom stereocenters. The van der Waals surface area contributed by atoms with Gasteiger partial charge in [0.1, 0.15) is 31.5 Å². The molecule has 9 nitrogen and oxygen atoms in total. The zero-order valence-corrected chi connectivity index (χ0v) is 28.8. The van der Waals surface area contributed by atoms with Crippen molar-refractivity contribution >= 4 is 35.0 Å². The van der Waals surface area contributed by atoms with Crippen molar-refractivity contribution in [1.29, 1.82) is 0 Å². The second-order valence-electron chi connectivity index (χ2n) is 12.8. The lowest BCUT2D eigenvalue weighted by atomic mass is 9.89. The van der Waals surface area contributed by atoms with Crippen molar-refractivity contribution in [3.05, 3.63) is 94.4 Å². The number of amides is 2. The number of ether oxygens (including phenoxy) is 1. The largest absolute Gasteiger partial charge is 0.478 e. The van der Waals surface area contributed by atoms with Crippen LogP contribution in [-0.4, -0.2) is 56.4 Å². The third-order valence-corrected chi connectivity index (χ3v) is 8.90. The molecule has 0 radical (unpaired) electrons. The van der Waals surface area contributed by atoms with Crippen LogP contribution in [0.15, 0.2) is 76.7 Å². The molecule has 1 atom stereocenters. The van der Waals surface area contributed by atoms with E-state index in [9.17, 15) is 19.5 Å². The highest BCUT2D eigenvalue weighted by atomic mass is 16.6. The third-order valence-electron chi connectivity index (χ3n) is 8.90. The minimum atomic E-state index is -1.10. The molecule has 0 bridgehead atoms. The van der Waals surface area contributed by atoms with Gasteiger partial charge < -0.3 is 24.9 Å². The Morgan fingerprint density at radius 3 is 2.53 bits per heavy atom. The molecule has 2 aliphatic carbocycles. The number of nitrogens with one attached hydrogen (secondary N) is 2. The van der Waals surface area contributed by atoms with Crippen LogP contribution in [0.1, 0.15) is 85.1 Å². The number of fused-ring (bicyclic) bond motifs is 2. The Morgan fingerprint density at radius 2 is 1.76 bits per heavy atom. The Hall–Kier alpha value is -5.18. The average molecular weight is 665 g/mol. The fraction of sp³-hybridized carbons (Fsp3) is 0.350. The number of nitrogens with zero attached hydrogens (tertiary/aromatic N) is 1. The summed E-state index contributed by atoms with van der Waals surface area (Å²) in [7, 11) is 3.90. The average Bonchev–Trinajstić information content (AvgIpc) is 3.07. The van der Waals surface area contributed by atoms with E-state index in [0.717, 1.165) is 60.4 Å². The lowest BCUT2D eigenvalue weighted by Gasteiger charge is -2.18. The normalized spacial score (nSPS) is 15.7. The van der Waals surface area contributed by atoms with Gasteiger partial charge in [-0.25, -0.2) is 14.2 Å². The van der Waals surface area contributed by atoms with E-state index in [4.69, 9.17) is 9.15 Å². The molecule has 3 N–H and O–H groups in total. The molecule has 1 heterocycles. The maximum Gasteiger partial charge on any atom is 0.407 e. The van der Waals surface area contributed by atoms with Crippen molar-refractivity contribution in [2.45, 2.75) is 64.9 Å². The van der Waals surface area contributed by atoms with Crippen LogP contribution in [0, 0.1) is 0 Å². The van der Waals surface area contributed by atoms with E-state index < -0.39 is 12.1 Å². The fourth-order valence-corrected chi connectivity index (χ4v) is 6.04. The van der Waals surface area contributed by atoms with Gasteiger partial charge in [0, 0.05) is 41.2 Å². The molecule has 0 fully saturated rings. The number of aromatic carboxylic acids is 1. The lowest BCUT2D eigenvalue weighted by Crippen LogP contribution is -2.32. The SMILES string of the molecule is CC/C(C)=C/c1ccc2c(-c3cc(C(=O)NCCCNC(=O)OC4CC/C=C/CCC4)ccc3C(=O)O)c3ccc(=[N+](C)C)cc-3oc2c1. The van der Waals surface area contributed by atoms with Gasteiger partial charge in [-0.2, -0.15) is 0 Å². The van der Waals surface area contributed by atoms with E-state index in [0.29, 0.717) is 47.5 Å². The highest BCUT2D eigenvalue weighted by molar-refractivity contribution is 6.09. The lowest BCUT2D eigenvalue weighted by molar-refractivity contribution is 0.0696. The summed E-state index contributed by atoms with van der Waals surface area (Å²) in [6.45, 7) is 4.85. The van der Waals surface area contributed by atoms with Crippen LogP contribution in [0.5, 0.6) is 0 Å². The zero-order chi connectivity index (χ0) is 34.9. The standard InChI is InChI=1S/C40H45N3O6/c1-5-26(2)22-27-14-17-32-35(23-27)49-36-25-29(43(3)4)16-19-33(36)37(32)34-24-28(15-18-31(34)39(45)46)38(44)41-20-11-21-42-40(47)48-30-12-9-7-6-8-10-13-30/h6-7,14-19,22-25,30H,5,8-13,20-21H2,1-4H3,(H2-,41,42,44,45,46,47)/p+1/b7-6+,26-22+. The molecule has 0 saturated heterocycles. The molecule has 0 saturated carbocycles. The Kier molecular flexibility index (Phi) is 11.7. The van der Waals surface area contributed by atoms with Gasteiger partial charge in [-0.1, -0.05) is 36.8 Å². The van der Waals surface area contributed by atoms with Gasteiger partial charge in [-0.15, -0.1) is 0 Å². The molecule has 2 aromatic carbocycles. The first kappa shape index (κ1) is 35.1. The number of alkyl carbamates (subject to hydrolysis) is 1. The summed E-state index contributed by atoms with van der Waals surface area (Å²) in [4.78, 5) is 38.2. The van der Waals surface area contributed by atoms with E-state index in [1.54, 1.807) is 6.07 Å². The number of allylic oxidation sites excluding steroid dienone is 3. The van der Waals surface area contributed by atoms with Crippen molar-refractivity contribution in [1.82, 2.24) is 15.2 Å². The molecule has 0 aromatic heterocycles. The smallest absolute Gasteiger partial charge is 0.407 e. The molecule has 49 heavy (non-hydrogen) atoms. The van der Waals surface area contributed by atoms with Crippen molar-refractivity contribution in [3.8, 4) is 22.5 Å². The van der Waals surface area contributed by atoms with Crippen molar-refractivity contribution in [2.75, 3.05) is 27.2 Å². The van der Waals surface area contributed by atoms with Crippen molar-refractivity contribution in [3.63, 3.8) is 0 Å². The van der Waals surface area contributed by atoms with Gasteiger partial charge in [0.15, 0.2) is 0 Å². The Labute approximate surface area is 287 Å². The number of carboxylic acids is 1. The van der Waals surface area contributed by atoms with Crippen LogP contribution >= 0.6 is 0 Å². The van der Waals surface area contributed by atoms with Gasteiger partial charge in [0.05, 0.1) is 11.6 Å². The summed E-state index contributed by atoms with van der Waals surface area (Å²) in [5, 5.41) is 17.6. The van der Waals surface area contributed by atoms with E-state index >= 15 is 0 Å². The summed E-state index contributed by atoms with van der Waals surface area (Å²) >= 11 is 0. The van der Waals surface area contributed by atoms with Crippen LogP contribution in [0.3, 0.4) is 0 Å². The predicted molar refractivity (Wildman–Crippen MR) is 194 cm³/mol. The number of hydrogen-bond acceptors (Lipinski definition) is 5. The minimum Gasteiger partial charge on any atom is -0.478 e.